The summed E-state index contributed by atoms with van der Waals surface area (Å²) in [6.45, 7) is 0.00182. The fraction of sp³-hybridized carbons (Fsp3) is 0.281. The molecule has 9 heteroatoms. The molecular formula is C32H31F2N3O4. The Labute approximate surface area is 236 Å². The second-order valence-electron chi connectivity index (χ2n) is 10.5. The van der Waals surface area contributed by atoms with Gasteiger partial charge in [-0.1, -0.05) is 42.5 Å². The van der Waals surface area contributed by atoms with Crippen molar-refractivity contribution in [2.24, 2.45) is 5.92 Å². The van der Waals surface area contributed by atoms with Crippen LogP contribution >= 0.6 is 0 Å². The van der Waals surface area contributed by atoms with Crippen LogP contribution in [0.25, 0.3) is 10.9 Å². The first-order valence-corrected chi connectivity index (χ1v) is 13.6. The van der Waals surface area contributed by atoms with Crippen LogP contribution in [0, 0.1) is 17.6 Å². The van der Waals surface area contributed by atoms with Crippen molar-refractivity contribution in [3.8, 4) is 0 Å². The lowest BCUT2D eigenvalue weighted by molar-refractivity contribution is -0.137. The molecule has 1 unspecified atom stereocenters. The minimum atomic E-state index is -0.981. The van der Waals surface area contributed by atoms with E-state index in [2.05, 4.69) is 10.6 Å². The van der Waals surface area contributed by atoms with Crippen molar-refractivity contribution in [3.63, 3.8) is 0 Å². The first kappa shape index (κ1) is 28.0. The van der Waals surface area contributed by atoms with Crippen molar-refractivity contribution in [2.45, 2.75) is 51.2 Å². The molecule has 0 aliphatic heterocycles. The van der Waals surface area contributed by atoms with E-state index in [4.69, 9.17) is 0 Å². The van der Waals surface area contributed by atoms with Gasteiger partial charge in [0.25, 0.3) is 0 Å². The van der Waals surface area contributed by atoms with Gasteiger partial charge in [0, 0.05) is 35.6 Å². The minimum Gasteiger partial charge on any atom is -0.480 e. The van der Waals surface area contributed by atoms with E-state index >= 15 is 0 Å². The van der Waals surface area contributed by atoms with Gasteiger partial charge in [0.05, 0.1) is 5.92 Å². The maximum Gasteiger partial charge on any atom is 0.323 e. The Kier molecular flexibility index (Phi) is 8.42. The van der Waals surface area contributed by atoms with Gasteiger partial charge in [-0.15, -0.1) is 0 Å². The molecule has 1 aliphatic carbocycles. The van der Waals surface area contributed by atoms with Gasteiger partial charge >= 0.3 is 5.97 Å². The molecule has 1 aromatic heterocycles. The quantitative estimate of drug-likeness (QED) is 0.266. The van der Waals surface area contributed by atoms with Crippen LogP contribution in [0.3, 0.4) is 0 Å². The monoisotopic (exact) mass is 559 g/mol. The highest BCUT2D eigenvalue weighted by Gasteiger charge is 2.30. The molecule has 1 aliphatic rings. The molecule has 0 radical (unpaired) electrons. The van der Waals surface area contributed by atoms with E-state index in [0.717, 1.165) is 22.4 Å². The average Bonchev–Trinajstić information content (AvgIpc) is 3.24. The number of aromatic nitrogens is 1. The predicted molar refractivity (Wildman–Crippen MR) is 150 cm³/mol. The highest BCUT2D eigenvalue weighted by molar-refractivity contribution is 5.88. The van der Waals surface area contributed by atoms with Crippen LogP contribution in [0.1, 0.15) is 35.2 Å². The summed E-state index contributed by atoms with van der Waals surface area (Å²) in [4.78, 5) is 38.0. The summed E-state index contributed by atoms with van der Waals surface area (Å²) in [6, 6.07) is 19.4. The number of rotatable bonds is 10. The largest absolute Gasteiger partial charge is 0.480 e. The van der Waals surface area contributed by atoms with Crippen LogP contribution < -0.4 is 10.6 Å². The molecule has 3 N–H and O–H groups in total. The van der Waals surface area contributed by atoms with Gasteiger partial charge in [-0.3, -0.25) is 14.4 Å². The fourth-order valence-electron chi connectivity index (χ4n) is 5.64. The number of halogens is 2. The number of hydrogen-bond acceptors (Lipinski definition) is 3. The highest BCUT2D eigenvalue weighted by atomic mass is 19.1. The van der Waals surface area contributed by atoms with Gasteiger partial charge in [-0.25, -0.2) is 8.78 Å². The third kappa shape index (κ3) is 6.80. The molecule has 0 spiro atoms. The molecule has 5 rings (SSSR count). The number of nitrogens with one attached hydrogen (secondary N) is 2. The zero-order valence-corrected chi connectivity index (χ0v) is 22.4. The van der Waals surface area contributed by atoms with Gasteiger partial charge in [-0.05, 0) is 72.7 Å². The van der Waals surface area contributed by atoms with Gasteiger partial charge in [0.2, 0.25) is 11.8 Å². The number of amides is 2. The highest BCUT2D eigenvalue weighted by Crippen LogP contribution is 2.33. The second-order valence-corrected chi connectivity index (χ2v) is 10.5. The van der Waals surface area contributed by atoms with E-state index in [0.29, 0.717) is 36.6 Å². The first-order valence-electron chi connectivity index (χ1n) is 13.6. The smallest absolute Gasteiger partial charge is 0.323 e. The van der Waals surface area contributed by atoms with Crippen molar-refractivity contribution >= 4 is 28.7 Å². The van der Waals surface area contributed by atoms with Crippen LogP contribution in [-0.4, -0.2) is 33.5 Å². The minimum absolute atomic E-state index is 0.0248. The summed E-state index contributed by atoms with van der Waals surface area (Å²) in [5.74, 6) is -2.91. The van der Waals surface area contributed by atoms with E-state index in [1.807, 2.05) is 30.3 Å². The molecule has 0 saturated heterocycles. The summed E-state index contributed by atoms with van der Waals surface area (Å²) in [7, 11) is 0. The lowest BCUT2D eigenvalue weighted by atomic mass is 9.89. The molecule has 212 valence electrons. The maximum absolute atomic E-state index is 14.2. The fourth-order valence-corrected chi connectivity index (χ4v) is 5.64. The molecule has 1 heterocycles. The zero-order valence-electron chi connectivity index (χ0n) is 22.4. The molecule has 0 bridgehead atoms. The van der Waals surface area contributed by atoms with Crippen molar-refractivity contribution in [1.82, 2.24) is 15.2 Å². The average molecular weight is 560 g/mol. The summed E-state index contributed by atoms with van der Waals surface area (Å²) in [6.07, 6.45) is 1.90. The summed E-state index contributed by atoms with van der Waals surface area (Å²) >= 11 is 0. The Balaban J connectivity index is 1.30. The van der Waals surface area contributed by atoms with E-state index in [1.165, 1.54) is 24.3 Å². The van der Waals surface area contributed by atoms with Crippen molar-refractivity contribution < 1.29 is 28.3 Å². The van der Waals surface area contributed by atoms with E-state index in [9.17, 15) is 28.3 Å². The lowest BCUT2D eigenvalue weighted by Gasteiger charge is -2.27. The summed E-state index contributed by atoms with van der Waals surface area (Å²) in [5, 5.41) is 16.0. The van der Waals surface area contributed by atoms with Crippen molar-refractivity contribution in [2.75, 3.05) is 0 Å². The molecule has 41 heavy (non-hydrogen) atoms. The number of aliphatic carboxylic acids is 1. The number of carbonyl (C=O) groups is 3. The van der Waals surface area contributed by atoms with Gasteiger partial charge in [0.15, 0.2) is 0 Å². The summed E-state index contributed by atoms with van der Waals surface area (Å²) in [5.41, 5.74) is 4.02. The standard InChI is InChI=1S/C32H31F2N3O4/c33-23-8-6-21(7-9-23)18-35-30(38)15-22(14-20-4-2-1-3-5-20)32(41)36-25-11-13-29-27(17-25)26-16-24(34)10-12-28(26)37(29)19-31(39)40/h1-10,12,16,22,25H,11,13-15,17-19H2,(H,35,38)(H,36,41)(H,39,40)/t22?,25-/m0/s1. The van der Waals surface area contributed by atoms with E-state index in [1.54, 1.807) is 22.8 Å². The number of fused-ring (bicyclic) bond motifs is 3. The SMILES string of the molecule is O=C(O)Cn1c2c(c3cc(F)ccc31)C[C@@H](NC(=O)C(CC(=O)NCc1ccc(F)cc1)Cc1ccccc1)CC2. The Hall–Kier alpha value is -4.53. The van der Waals surface area contributed by atoms with Crippen LogP contribution in [0.15, 0.2) is 72.8 Å². The number of nitrogens with zero attached hydrogens (tertiary/aromatic N) is 1. The lowest BCUT2D eigenvalue weighted by Crippen LogP contribution is -2.43. The number of benzene rings is 3. The third-order valence-corrected chi connectivity index (χ3v) is 7.60. The van der Waals surface area contributed by atoms with Crippen LogP contribution in [0.5, 0.6) is 0 Å². The van der Waals surface area contributed by atoms with Crippen LogP contribution in [-0.2, 0) is 46.7 Å². The van der Waals surface area contributed by atoms with Gasteiger partial charge < -0.3 is 20.3 Å². The third-order valence-electron chi connectivity index (χ3n) is 7.60. The van der Waals surface area contributed by atoms with E-state index in [-0.39, 0.29) is 43.2 Å². The topological polar surface area (TPSA) is 100 Å². The first-order chi connectivity index (χ1) is 19.8. The molecule has 0 fully saturated rings. The molecule has 2 amide bonds. The molecule has 4 aromatic rings. The number of carboxylic acid groups (broad SMARTS) is 1. The zero-order chi connectivity index (χ0) is 28.9. The van der Waals surface area contributed by atoms with Crippen molar-refractivity contribution in [1.29, 1.82) is 0 Å². The molecule has 0 saturated carbocycles. The van der Waals surface area contributed by atoms with Crippen LogP contribution in [0.4, 0.5) is 8.78 Å². The normalized spacial score (nSPS) is 15.2. The van der Waals surface area contributed by atoms with Gasteiger partial charge in [0.1, 0.15) is 18.2 Å². The Bertz CT molecular complexity index is 1570. The number of hydrogen-bond donors (Lipinski definition) is 3. The second kappa shape index (κ2) is 12.3. The molecule has 7 nitrogen and oxygen atoms in total. The van der Waals surface area contributed by atoms with Crippen molar-refractivity contribution in [3.05, 3.63) is 107 Å². The number of carboxylic acids is 1. The molecule has 3 aromatic carbocycles. The Morgan fingerprint density at radius 1 is 0.951 bits per heavy atom. The van der Waals surface area contributed by atoms with E-state index < -0.39 is 17.7 Å². The maximum atomic E-state index is 14.2. The summed E-state index contributed by atoms with van der Waals surface area (Å²) < 4.78 is 29.1. The number of carbonyl (C=O) groups excluding carboxylic acids is 2. The van der Waals surface area contributed by atoms with Crippen LogP contribution in [0.2, 0.25) is 0 Å². The van der Waals surface area contributed by atoms with Gasteiger partial charge in [-0.2, -0.15) is 0 Å². The molecule has 2 atom stereocenters. The Morgan fingerprint density at radius 2 is 1.68 bits per heavy atom. The predicted octanol–water partition coefficient (Wildman–Crippen LogP) is 4.54. The molecular weight excluding hydrogens is 528 g/mol. The Morgan fingerprint density at radius 3 is 2.41 bits per heavy atom.